The molecule has 1 aliphatic heterocycles. The van der Waals surface area contributed by atoms with Crippen LogP contribution in [0.5, 0.6) is 0 Å². The molecule has 0 bridgehead atoms. The number of rotatable bonds is 3. The van der Waals surface area contributed by atoms with E-state index in [2.05, 4.69) is 5.32 Å². The SMILES string of the molecule is CNCC(=O)C1CCCS1. The van der Waals surface area contributed by atoms with Gasteiger partial charge in [0.05, 0.1) is 11.8 Å². The average molecular weight is 159 g/mol. The highest BCUT2D eigenvalue weighted by Crippen LogP contribution is 2.26. The van der Waals surface area contributed by atoms with Crippen LogP contribution in [0.2, 0.25) is 0 Å². The summed E-state index contributed by atoms with van der Waals surface area (Å²) in [6.07, 6.45) is 2.30. The molecule has 0 amide bonds. The largest absolute Gasteiger partial charge is 0.313 e. The Balaban J connectivity index is 2.25. The van der Waals surface area contributed by atoms with Gasteiger partial charge in [-0.15, -0.1) is 0 Å². The Bertz CT molecular complexity index is 121. The maximum absolute atomic E-state index is 11.2. The lowest BCUT2D eigenvalue weighted by molar-refractivity contribution is -0.117. The zero-order valence-electron chi connectivity index (χ0n) is 6.22. The predicted octanol–water partition coefficient (Wildman–Crippen LogP) is 0.670. The molecule has 58 valence electrons. The van der Waals surface area contributed by atoms with E-state index in [1.165, 1.54) is 12.2 Å². The van der Waals surface area contributed by atoms with Crippen molar-refractivity contribution in [2.45, 2.75) is 18.1 Å². The first-order chi connectivity index (χ1) is 4.84. The van der Waals surface area contributed by atoms with Gasteiger partial charge in [0, 0.05) is 0 Å². The van der Waals surface area contributed by atoms with Crippen molar-refractivity contribution >= 4 is 17.5 Å². The second-order valence-electron chi connectivity index (χ2n) is 2.50. The first-order valence-electron chi connectivity index (χ1n) is 3.63. The molecule has 1 saturated heterocycles. The summed E-state index contributed by atoms with van der Waals surface area (Å²) in [6.45, 7) is 0.539. The van der Waals surface area contributed by atoms with Gasteiger partial charge in [-0.1, -0.05) is 0 Å². The number of likely N-dealkylation sites (N-methyl/N-ethyl adjacent to an activating group) is 1. The molecule has 10 heavy (non-hydrogen) atoms. The number of ketones is 1. The molecule has 1 unspecified atom stereocenters. The molecule has 0 aromatic heterocycles. The molecule has 1 atom stereocenters. The molecule has 0 aliphatic carbocycles. The highest BCUT2D eigenvalue weighted by atomic mass is 32.2. The number of hydrogen-bond donors (Lipinski definition) is 1. The summed E-state index contributed by atoms with van der Waals surface area (Å²) in [7, 11) is 1.82. The summed E-state index contributed by atoms with van der Waals surface area (Å²) >= 11 is 1.80. The lowest BCUT2D eigenvalue weighted by Gasteiger charge is -2.04. The molecule has 1 N–H and O–H groups in total. The molecule has 1 rings (SSSR count). The van der Waals surface area contributed by atoms with Crippen LogP contribution in [0.15, 0.2) is 0 Å². The van der Waals surface area contributed by atoms with Gasteiger partial charge in [-0.3, -0.25) is 4.79 Å². The molecular formula is C7H13NOS. The van der Waals surface area contributed by atoms with Crippen LogP contribution >= 0.6 is 11.8 Å². The Hall–Kier alpha value is -0.0200. The van der Waals surface area contributed by atoms with Crippen molar-refractivity contribution in [1.82, 2.24) is 5.32 Å². The molecule has 1 heterocycles. The lowest BCUT2D eigenvalue weighted by Crippen LogP contribution is -2.26. The van der Waals surface area contributed by atoms with E-state index >= 15 is 0 Å². The summed E-state index contributed by atoms with van der Waals surface area (Å²) in [6, 6.07) is 0. The molecule has 0 radical (unpaired) electrons. The molecular weight excluding hydrogens is 146 g/mol. The van der Waals surface area contributed by atoms with Crippen LogP contribution in [0, 0.1) is 0 Å². The minimum absolute atomic E-state index is 0.299. The molecule has 0 aromatic carbocycles. The molecule has 2 nitrogen and oxygen atoms in total. The minimum Gasteiger partial charge on any atom is -0.313 e. The smallest absolute Gasteiger partial charge is 0.159 e. The zero-order chi connectivity index (χ0) is 7.40. The van der Waals surface area contributed by atoms with Crippen LogP contribution in [0.25, 0.3) is 0 Å². The van der Waals surface area contributed by atoms with Crippen LogP contribution in [-0.4, -0.2) is 30.4 Å². The summed E-state index contributed by atoms with van der Waals surface area (Å²) in [5, 5.41) is 3.18. The van der Waals surface area contributed by atoms with Crippen molar-refractivity contribution in [2.24, 2.45) is 0 Å². The third kappa shape index (κ3) is 1.99. The summed E-state index contributed by atoms with van der Waals surface area (Å²) in [5.41, 5.74) is 0. The predicted molar refractivity (Wildman–Crippen MR) is 44.4 cm³/mol. The van der Waals surface area contributed by atoms with Gasteiger partial charge >= 0.3 is 0 Å². The number of Topliss-reactive ketones (excluding diaryl/α,β-unsaturated/α-hetero) is 1. The first kappa shape index (κ1) is 8.08. The second-order valence-corrected chi connectivity index (χ2v) is 3.81. The maximum Gasteiger partial charge on any atom is 0.159 e. The minimum atomic E-state index is 0.299. The van der Waals surface area contributed by atoms with Gasteiger partial charge in [0.25, 0.3) is 0 Å². The van der Waals surface area contributed by atoms with Crippen molar-refractivity contribution < 1.29 is 4.79 Å². The van der Waals surface area contributed by atoms with E-state index in [1.54, 1.807) is 11.8 Å². The number of hydrogen-bond acceptors (Lipinski definition) is 3. The standard InChI is InChI=1S/C7H13NOS/c1-8-5-6(9)7-3-2-4-10-7/h7-8H,2-5H2,1H3. The summed E-state index contributed by atoms with van der Waals surface area (Å²) in [5.74, 6) is 1.53. The zero-order valence-corrected chi connectivity index (χ0v) is 7.04. The monoisotopic (exact) mass is 159 g/mol. The Kier molecular flexibility index (Phi) is 3.22. The van der Waals surface area contributed by atoms with E-state index in [-0.39, 0.29) is 0 Å². The molecule has 0 spiro atoms. The maximum atomic E-state index is 11.2. The van der Waals surface area contributed by atoms with Gasteiger partial charge in [0.1, 0.15) is 0 Å². The Morgan fingerprint density at radius 1 is 1.80 bits per heavy atom. The molecule has 0 saturated carbocycles. The van der Waals surface area contributed by atoms with E-state index in [9.17, 15) is 4.79 Å². The Morgan fingerprint density at radius 2 is 2.60 bits per heavy atom. The first-order valence-corrected chi connectivity index (χ1v) is 4.68. The third-order valence-electron chi connectivity index (χ3n) is 1.64. The quantitative estimate of drug-likeness (QED) is 0.656. The van der Waals surface area contributed by atoms with Crippen molar-refractivity contribution in [3.05, 3.63) is 0 Å². The van der Waals surface area contributed by atoms with E-state index < -0.39 is 0 Å². The van der Waals surface area contributed by atoms with Crippen molar-refractivity contribution in [3.63, 3.8) is 0 Å². The second kappa shape index (κ2) is 3.98. The van der Waals surface area contributed by atoms with Crippen LogP contribution in [0.1, 0.15) is 12.8 Å². The highest BCUT2D eigenvalue weighted by molar-refractivity contribution is 8.00. The average Bonchev–Trinajstić information content (AvgIpc) is 2.38. The number of carbonyl (C=O) groups excluding carboxylic acids is 1. The third-order valence-corrected chi connectivity index (χ3v) is 3.07. The van der Waals surface area contributed by atoms with Crippen molar-refractivity contribution in [3.8, 4) is 0 Å². The number of carbonyl (C=O) groups is 1. The fourth-order valence-electron chi connectivity index (χ4n) is 1.12. The van der Waals surface area contributed by atoms with Crippen LogP contribution in [0.3, 0.4) is 0 Å². The fourth-order valence-corrected chi connectivity index (χ4v) is 2.34. The Morgan fingerprint density at radius 3 is 3.10 bits per heavy atom. The fraction of sp³-hybridized carbons (Fsp3) is 0.857. The highest BCUT2D eigenvalue weighted by Gasteiger charge is 2.21. The van der Waals surface area contributed by atoms with Crippen molar-refractivity contribution in [2.75, 3.05) is 19.3 Å². The number of nitrogens with one attached hydrogen (secondary N) is 1. The molecule has 3 heteroatoms. The van der Waals surface area contributed by atoms with Crippen LogP contribution in [0.4, 0.5) is 0 Å². The van der Waals surface area contributed by atoms with Gasteiger partial charge in [-0.2, -0.15) is 11.8 Å². The van der Waals surface area contributed by atoms with Crippen LogP contribution < -0.4 is 5.32 Å². The lowest BCUT2D eigenvalue weighted by atomic mass is 10.2. The van der Waals surface area contributed by atoms with Crippen molar-refractivity contribution in [1.29, 1.82) is 0 Å². The van der Waals surface area contributed by atoms with Crippen LogP contribution in [-0.2, 0) is 4.79 Å². The normalized spacial score (nSPS) is 25.1. The molecule has 1 aliphatic rings. The molecule has 1 fully saturated rings. The van der Waals surface area contributed by atoms with Gasteiger partial charge in [0.2, 0.25) is 0 Å². The van der Waals surface area contributed by atoms with Gasteiger partial charge in [-0.25, -0.2) is 0 Å². The summed E-state index contributed by atoms with van der Waals surface area (Å²) < 4.78 is 0. The van der Waals surface area contributed by atoms with E-state index in [0.717, 1.165) is 6.42 Å². The van der Waals surface area contributed by atoms with Gasteiger partial charge in [0.15, 0.2) is 5.78 Å². The topological polar surface area (TPSA) is 29.1 Å². The van der Waals surface area contributed by atoms with Gasteiger partial charge in [-0.05, 0) is 25.6 Å². The summed E-state index contributed by atoms with van der Waals surface area (Å²) in [4.78, 5) is 11.2. The Labute approximate surface area is 65.8 Å². The molecule has 0 aromatic rings. The van der Waals surface area contributed by atoms with E-state index in [1.807, 2.05) is 7.05 Å². The number of thioether (sulfide) groups is 1. The van der Waals surface area contributed by atoms with Gasteiger partial charge < -0.3 is 5.32 Å². The van der Waals surface area contributed by atoms with E-state index in [0.29, 0.717) is 17.6 Å². The van der Waals surface area contributed by atoms with E-state index in [4.69, 9.17) is 0 Å².